The Kier molecular flexibility index (Phi) is 5.53. The van der Waals surface area contributed by atoms with Crippen LogP contribution in [-0.2, 0) is 14.3 Å². The number of ether oxygens (including phenoxy) is 2. The smallest absolute Gasteiger partial charge is 0.410 e. The van der Waals surface area contributed by atoms with Gasteiger partial charge in [-0.25, -0.2) is 4.79 Å². The van der Waals surface area contributed by atoms with Gasteiger partial charge in [0, 0.05) is 19.6 Å². The Bertz CT molecular complexity index is 759. The summed E-state index contributed by atoms with van der Waals surface area (Å²) in [5, 5.41) is 8.98. The normalized spacial score (nSPS) is 12.3. The second-order valence-corrected chi connectivity index (χ2v) is 6.11. The topological polar surface area (TPSA) is 76.1 Å². The van der Waals surface area contributed by atoms with Crippen molar-refractivity contribution in [1.29, 1.82) is 0 Å². The fourth-order valence-electron chi connectivity index (χ4n) is 3.28. The van der Waals surface area contributed by atoms with Gasteiger partial charge in [-0.15, -0.1) is 0 Å². The van der Waals surface area contributed by atoms with Gasteiger partial charge in [0.25, 0.3) is 0 Å². The van der Waals surface area contributed by atoms with Crippen molar-refractivity contribution in [3.05, 3.63) is 59.7 Å². The zero-order valence-electron chi connectivity index (χ0n) is 14.6. The molecule has 0 bridgehead atoms. The Morgan fingerprint density at radius 3 is 2.15 bits per heavy atom. The van der Waals surface area contributed by atoms with Crippen molar-refractivity contribution in [2.45, 2.75) is 5.92 Å². The molecule has 0 saturated heterocycles. The number of carbonyl (C=O) groups is 2. The lowest BCUT2D eigenvalue weighted by atomic mass is 9.98. The maximum atomic E-state index is 12.4. The number of hydrogen-bond donors (Lipinski definition) is 1. The fourth-order valence-corrected chi connectivity index (χ4v) is 3.28. The average Bonchev–Trinajstić information content (AvgIpc) is 2.97. The molecule has 6 heteroatoms. The second kappa shape index (κ2) is 8.01. The van der Waals surface area contributed by atoms with Crippen LogP contribution in [0.1, 0.15) is 17.0 Å². The second-order valence-electron chi connectivity index (χ2n) is 6.11. The van der Waals surface area contributed by atoms with Crippen molar-refractivity contribution in [3.63, 3.8) is 0 Å². The van der Waals surface area contributed by atoms with E-state index >= 15 is 0 Å². The van der Waals surface area contributed by atoms with Crippen LogP contribution in [0, 0.1) is 0 Å². The van der Waals surface area contributed by atoms with E-state index < -0.39 is 18.6 Å². The van der Waals surface area contributed by atoms with Gasteiger partial charge in [-0.1, -0.05) is 48.5 Å². The summed E-state index contributed by atoms with van der Waals surface area (Å²) in [6, 6.07) is 16.1. The summed E-state index contributed by atoms with van der Waals surface area (Å²) in [7, 11) is 1.50. The van der Waals surface area contributed by atoms with Crippen molar-refractivity contribution in [1.82, 2.24) is 4.90 Å². The maximum Gasteiger partial charge on any atom is 0.410 e. The molecule has 2 aromatic carbocycles. The highest BCUT2D eigenvalue weighted by molar-refractivity contribution is 5.79. The summed E-state index contributed by atoms with van der Waals surface area (Å²) in [5.74, 6) is -1.14. The minimum Gasteiger partial charge on any atom is -0.480 e. The van der Waals surface area contributed by atoms with Crippen LogP contribution in [0.4, 0.5) is 4.79 Å². The van der Waals surface area contributed by atoms with Crippen LogP contribution < -0.4 is 0 Å². The molecule has 0 aliphatic heterocycles. The zero-order valence-corrected chi connectivity index (χ0v) is 14.6. The number of rotatable bonds is 7. The molecule has 1 aliphatic rings. The molecule has 6 nitrogen and oxygen atoms in total. The van der Waals surface area contributed by atoms with Gasteiger partial charge in [-0.05, 0) is 22.3 Å². The zero-order chi connectivity index (χ0) is 18.5. The van der Waals surface area contributed by atoms with Crippen LogP contribution in [-0.4, -0.2) is 55.5 Å². The lowest BCUT2D eigenvalue weighted by Crippen LogP contribution is -2.38. The summed E-state index contributed by atoms with van der Waals surface area (Å²) in [4.78, 5) is 24.5. The molecule has 0 atom stereocenters. The molecule has 0 fully saturated rings. The molecular formula is C20H21NO5. The third-order valence-corrected chi connectivity index (χ3v) is 4.49. The van der Waals surface area contributed by atoms with Crippen LogP contribution >= 0.6 is 0 Å². The van der Waals surface area contributed by atoms with Crippen LogP contribution in [0.15, 0.2) is 48.5 Å². The van der Waals surface area contributed by atoms with E-state index in [1.807, 2.05) is 36.4 Å². The van der Waals surface area contributed by atoms with E-state index in [9.17, 15) is 9.59 Å². The largest absolute Gasteiger partial charge is 0.480 e. The number of amides is 1. The van der Waals surface area contributed by atoms with Gasteiger partial charge in [0.05, 0.1) is 6.61 Å². The van der Waals surface area contributed by atoms with Gasteiger partial charge < -0.3 is 14.6 Å². The molecule has 0 radical (unpaired) electrons. The van der Waals surface area contributed by atoms with Crippen LogP contribution in [0.5, 0.6) is 0 Å². The lowest BCUT2D eigenvalue weighted by Gasteiger charge is -2.21. The number of carbonyl (C=O) groups excluding carboxylic acids is 1. The van der Waals surface area contributed by atoms with Crippen LogP contribution in [0.25, 0.3) is 11.1 Å². The summed E-state index contributed by atoms with van der Waals surface area (Å²) >= 11 is 0. The van der Waals surface area contributed by atoms with Gasteiger partial charge in [0.1, 0.15) is 13.2 Å². The third-order valence-electron chi connectivity index (χ3n) is 4.49. The monoisotopic (exact) mass is 355 g/mol. The first kappa shape index (κ1) is 17.9. The molecule has 3 rings (SSSR count). The Hall–Kier alpha value is -2.86. The highest BCUT2D eigenvalue weighted by atomic mass is 16.6. The van der Waals surface area contributed by atoms with E-state index in [0.717, 1.165) is 27.2 Å². The molecule has 1 amide bonds. The molecule has 1 aliphatic carbocycles. The maximum absolute atomic E-state index is 12.4. The summed E-state index contributed by atoms with van der Waals surface area (Å²) in [6.45, 7) is 0.160. The van der Waals surface area contributed by atoms with Gasteiger partial charge in [-0.2, -0.15) is 0 Å². The highest BCUT2D eigenvalue weighted by Gasteiger charge is 2.29. The lowest BCUT2D eigenvalue weighted by molar-refractivity contribution is -0.138. The van der Waals surface area contributed by atoms with Crippen LogP contribution in [0.3, 0.4) is 0 Å². The number of benzene rings is 2. The molecule has 1 N–H and O–H groups in total. The predicted octanol–water partition coefficient (Wildman–Crippen LogP) is 2.97. The molecule has 0 saturated carbocycles. The number of carboxylic acid groups (broad SMARTS) is 1. The first-order chi connectivity index (χ1) is 12.6. The Labute approximate surface area is 152 Å². The van der Waals surface area contributed by atoms with E-state index in [1.165, 1.54) is 7.11 Å². The molecule has 0 aromatic heterocycles. The molecule has 136 valence electrons. The first-order valence-corrected chi connectivity index (χ1v) is 8.42. The van der Waals surface area contributed by atoms with Crippen molar-refractivity contribution in [2.24, 2.45) is 0 Å². The number of carboxylic acids is 1. The summed E-state index contributed by atoms with van der Waals surface area (Å²) < 4.78 is 10.4. The number of methoxy groups -OCH3 is 1. The van der Waals surface area contributed by atoms with Gasteiger partial charge >= 0.3 is 12.1 Å². The predicted molar refractivity (Wildman–Crippen MR) is 96.2 cm³/mol. The Morgan fingerprint density at radius 2 is 1.62 bits per heavy atom. The molecule has 0 unspecified atom stereocenters. The quantitative estimate of drug-likeness (QED) is 0.826. The number of nitrogens with zero attached hydrogens (tertiary/aromatic N) is 1. The first-order valence-electron chi connectivity index (χ1n) is 8.42. The average molecular weight is 355 g/mol. The Morgan fingerprint density at radius 1 is 1.04 bits per heavy atom. The van der Waals surface area contributed by atoms with Gasteiger partial charge in [0.15, 0.2) is 0 Å². The SMILES string of the molecule is COCCN(CC(=O)O)C(=O)OCC1c2ccccc2-c2ccccc21. The Balaban J connectivity index is 1.74. The molecule has 0 spiro atoms. The van der Waals surface area contributed by atoms with E-state index in [0.29, 0.717) is 0 Å². The van der Waals surface area contributed by atoms with E-state index in [-0.39, 0.29) is 25.7 Å². The van der Waals surface area contributed by atoms with Crippen LogP contribution in [0.2, 0.25) is 0 Å². The van der Waals surface area contributed by atoms with Crippen molar-refractivity contribution in [3.8, 4) is 11.1 Å². The van der Waals surface area contributed by atoms with Gasteiger partial charge in [-0.3, -0.25) is 9.69 Å². The molecule has 2 aromatic rings. The van der Waals surface area contributed by atoms with Crippen molar-refractivity contribution >= 4 is 12.1 Å². The minimum atomic E-state index is -1.09. The minimum absolute atomic E-state index is 0.0551. The van der Waals surface area contributed by atoms with Crippen molar-refractivity contribution in [2.75, 3.05) is 33.4 Å². The number of fused-ring (bicyclic) bond motifs is 3. The van der Waals surface area contributed by atoms with Crippen molar-refractivity contribution < 1.29 is 24.2 Å². The molecule has 0 heterocycles. The van der Waals surface area contributed by atoms with Gasteiger partial charge in [0.2, 0.25) is 0 Å². The van der Waals surface area contributed by atoms with E-state index in [4.69, 9.17) is 14.6 Å². The molecular weight excluding hydrogens is 334 g/mol. The van der Waals surface area contributed by atoms with E-state index in [2.05, 4.69) is 12.1 Å². The fraction of sp³-hybridized carbons (Fsp3) is 0.300. The third kappa shape index (κ3) is 3.70. The standard InChI is InChI=1S/C20H21NO5/c1-25-11-10-21(12-19(22)23)20(24)26-13-18-16-8-4-2-6-14(16)15-7-3-5-9-17(15)18/h2-9,18H,10-13H2,1H3,(H,22,23). The molecule has 26 heavy (non-hydrogen) atoms. The highest BCUT2D eigenvalue weighted by Crippen LogP contribution is 2.44. The summed E-state index contributed by atoms with van der Waals surface area (Å²) in [6.07, 6.45) is -0.647. The summed E-state index contributed by atoms with van der Waals surface area (Å²) in [5.41, 5.74) is 4.52. The van der Waals surface area contributed by atoms with E-state index in [1.54, 1.807) is 0 Å². The number of aliphatic carboxylic acids is 1. The number of hydrogen-bond acceptors (Lipinski definition) is 4.